The molecule has 1 aromatic rings. The molecule has 0 amide bonds. The van der Waals surface area contributed by atoms with Gasteiger partial charge in [-0.25, -0.2) is 0 Å². The predicted octanol–water partition coefficient (Wildman–Crippen LogP) is 2.37. The third-order valence-corrected chi connectivity index (χ3v) is 2.58. The highest BCUT2D eigenvalue weighted by Gasteiger charge is 2.01. The minimum absolute atomic E-state index is 0.286. The molecule has 0 spiro atoms. The van der Waals surface area contributed by atoms with Crippen molar-refractivity contribution in [2.45, 2.75) is 31.7 Å². The van der Waals surface area contributed by atoms with E-state index in [0.29, 0.717) is 0 Å². The first-order valence-electron chi connectivity index (χ1n) is 5.61. The van der Waals surface area contributed by atoms with Crippen molar-refractivity contribution in [1.82, 2.24) is 0 Å². The van der Waals surface area contributed by atoms with E-state index in [4.69, 9.17) is 10.5 Å². The molecule has 2 nitrogen and oxygen atoms in total. The Morgan fingerprint density at radius 2 is 1.93 bits per heavy atom. The Labute approximate surface area is 92.4 Å². The Kier molecular flexibility index (Phi) is 6.05. The molecule has 2 heteroatoms. The fraction of sp³-hybridized carbons (Fsp3) is 0.538. The summed E-state index contributed by atoms with van der Waals surface area (Å²) in [4.78, 5) is 0. The van der Waals surface area contributed by atoms with E-state index in [0.717, 1.165) is 32.3 Å². The summed E-state index contributed by atoms with van der Waals surface area (Å²) in [5.41, 5.74) is 7.34. The molecule has 0 radical (unpaired) electrons. The smallest absolute Gasteiger partial charge is 0.0477 e. The monoisotopic (exact) mass is 207 g/mol. The normalized spacial score (nSPS) is 12.7. The Morgan fingerprint density at radius 1 is 1.20 bits per heavy atom. The van der Waals surface area contributed by atoms with Gasteiger partial charge < -0.3 is 10.5 Å². The topological polar surface area (TPSA) is 35.2 Å². The van der Waals surface area contributed by atoms with Crippen molar-refractivity contribution in [3.8, 4) is 0 Å². The molecule has 0 aliphatic rings. The molecular weight excluding hydrogens is 186 g/mol. The second-order valence-electron chi connectivity index (χ2n) is 3.92. The van der Waals surface area contributed by atoms with Crippen molar-refractivity contribution in [2.24, 2.45) is 5.73 Å². The number of benzene rings is 1. The van der Waals surface area contributed by atoms with Crippen molar-refractivity contribution in [1.29, 1.82) is 0 Å². The quantitative estimate of drug-likeness (QED) is 0.745. The van der Waals surface area contributed by atoms with Crippen LogP contribution in [0, 0.1) is 0 Å². The molecule has 0 saturated heterocycles. The Morgan fingerprint density at radius 3 is 2.60 bits per heavy atom. The van der Waals surface area contributed by atoms with E-state index >= 15 is 0 Å². The van der Waals surface area contributed by atoms with Gasteiger partial charge in [0.05, 0.1) is 0 Å². The van der Waals surface area contributed by atoms with Crippen molar-refractivity contribution in [3.63, 3.8) is 0 Å². The van der Waals surface area contributed by atoms with Crippen LogP contribution in [-0.4, -0.2) is 19.8 Å². The van der Waals surface area contributed by atoms with Crippen LogP contribution in [0.3, 0.4) is 0 Å². The molecule has 15 heavy (non-hydrogen) atoms. The van der Waals surface area contributed by atoms with Gasteiger partial charge in [0.2, 0.25) is 0 Å². The summed E-state index contributed by atoms with van der Waals surface area (Å²) in [5, 5.41) is 0. The number of hydrogen-bond donors (Lipinski definition) is 1. The molecule has 1 atom stereocenters. The lowest BCUT2D eigenvalue weighted by molar-refractivity contribution is 0.186. The van der Waals surface area contributed by atoms with E-state index in [1.807, 2.05) is 6.07 Å². The van der Waals surface area contributed by atoms with Gasteiger partial charge in [-0.15, -0.1) is 0 Å². The summed E-state index contributed by atoms with van der Waals surface area (Å²) in [6, 6.07) is 10.8. The van der Waals surface area contributed by atoms with Gasteiger partial charge in [0.1, 0.15) is 0 Å². The van der Waals surface area contributed by atoms with Crippen LogP contribution >= 0.6 is 0 Å². The van der Waals surface area contributed by atoms with Crippen molar-refractivity contribution >= 4 is 0 Å². The van der Waals surface area contributed by atoms with Crippen molar-refractivity contribution in [2.75, 3.05) is 13.7 Å². The molecule has 1 aromatic carbocycles. The average molecular weight is 207 g/mol. The lowest BCUT2D eigenvalue weighted by atomic mass is 10.0. The van der Waals surface area contributed by atoms with Gasteiger partial charge in [-0.1, -0.05) is 30.3 Å². The predicted molar refractivity (Wildman–Crippen MR) is 63.8 cm³/mol. The highest BCUT2D eigenvalue weighted by atomic mass is 16.5. The number of rotatable bonds is 7. The van der Waals surface area contributed by atoms with Crippen LogP contribution in [0.25, 0.3) is 0 Å². The van der Waals surface area contributed by atoms with E-state index in [2.05, 4.69) is 24.3 Å². The van der Waals surface area contributed by atoms with Crippen LogP contribution in [-0.2, 0) is 11.2 Å². The largest absolute Gasteiger partial charge is 0.385 e. The SMILES string of the molecule is COCCC(N)CCCc1ccccc1. The Hall–Kier alpha value is -0.860. The minimum atomic E-state index is 0.286. The van der Waals surface area contributed by atoms with Crippen LogP contribution in [0.5, 0.6) is 0 Å². The Bertz CT molecular complexity index is 248. The highest BCUT2D eigenvalue weighted by molar-refractivity contribution is 5.14. The van der Waals surface area contributed by atoms with Crippen molar-refractivity contribution in [3.05, 3.63) is 35.9 Å². The lowest BCUT2D eigenvalue weighted by Crippen LogP contribution is -2.21. The van der Waals surface area contributed by atoms with Crippen LogP contribution in [0.15, 0.2) is 30.3 Å². The van der Waals surface area contributed by atoms with Crippen LogP contribution < -0.4 is 5.73 Å². The second-order valence-corrected chi connectivity index (χ2v) is 3.92. The highest BCUT2D eigenvalue weighted by Crippen LogP contribution is 2.07. The first-order chi connectivity index (χ1) is 7.33. The number of hydrogen-bond acceptors (Lipinski definition) is 2. The van der Waals surface area contributed by atoms with Crippen LogP contribution in [0.4, 0.5) is 0 Å². The molecule has 0 fully saturated rings. The summed E-state index contributed by atoms with van der Waals surface area (Å²) in [7, 11) is 1.72. The summed E-state index contributed by atoms with van der Waals surface area (Å²) < 4.78 is 5.00. The molecule has 0 aliphatic heterocycles. The third kappa shape index (κ3) is 5.55. The van der Waals surface area contributed by atoms with E-state index in [-0.39, 0.29) is 6.04 Å². The first-order valence-corrected chi connectivity index (χ1v) is 5.61. The number of aryl methyl sites for hydroxylation is 1. The second kappa shape index (κ2) is 7.43. The van der Waals surface area contributed by atoms with E-state index in [9.17, 15) is 0 Å². The molecular formula is C13H21NO. The van der Waals surface area contributed by atoms with Crippen LogP contribution in [0.1, 0.15) is 24.8 Å². The molecule has 1 unspecified atom stereocenters. The third-order valence-electron chi connectivity index (χ3n) is 2.58. The van der Waals surface area contributed by atoms with Gasteiger partial charge in [-0.05, 0) is 31.2 Å². The van der Waals surface area contributed by atoms with Gasteiger partial charge in [0.15, 0.2) is 0 Å². The maximum atomic E-state index is 5.94. The van der Waals surface area contributed by atoms with Gasteiger partial charge >= 0.3 is 0 Å². The van der Waals surface area contributed by atoms with E-state index < -0.39 is 0 Å². The zero-order chi connectivity index (χ0) is 10.9. The fourth-order valence-corrected chi connectivity index (χ4v) is 1.63. The maximum absolute atomic E-state index is 5.94. The van der Waals surface area contributed by atoms with E-state index in [1.165, 1.54) is 5.56 Å². The van der Waals surface area contributed by atoms with Gasteiger partial charge in [-0.2, -0.15) is 0 Å². The average Bonchev–Trinajstić information content (AvgIpc) is 2.28. The fourth-order valence-electron chi connectivity index (χ4n) is 1.63. The summed E-state index contributed by atoms with van der Waals surface area (Å²) >= 11 is 0. The first kappa shape index (κ1) is 12.2. The molecule has 0 aliphatic carbocycles. The zero-order valence-electron chi connectivity index (χ0n) is 9.49. The van der Waals surface area contributed by atoms with Gasteiger partial charge in [0.25, 0.3) is 0 Å². The molecule has 2 N–H and O–H groups in total. The summed E-state index contributed by atoms with van der Waals surface area (Å²) in [6.07, 6.45) is 4.33. The summed E-state index contributed by atoms with van der Waals surface area (Å²) in [5.74, 6) is 0. The molecule has 0 bridgehead atoms. The van der Waals surface area contributed by atoms with Crippen molar-refractivity contribution < 1.29 is 4.74 Å². The van der Waals surface area contributed by atoms with Crippen LogP contribution in [0.2, 0.25) is 0 Å². The number of methoxy groups -OCH3 is 1. The number of ether oxygens (including phenoxy) is 1. The molecule has 0 aromatic heterocycles. The van der Waals surface area contributed by atoms with Gasteiger partial charge in [0, 0.05) is 19.8 Å². The molecule has 0 heterocycles. The Balaban J connectivity index is 2.11. The molecule has 0 saturated carbocycles. The molecule has 1 rings (SSSR count). The maximum Gasteiger partial charge on any atom is 0.0477 e. The molecule has 84 valence electrons. The van der Waals surface area contributed by atoms with Gasteiger partial charge in [-0.3, -0.25) is 0 Å². The minimum Gasteiger partial charge on any atom is -0.385 e. The lowest BCUT2D eigenvalue weighted by Gasteiger charge is -2.10. The zero-order valence-corrected chi connectivity index (χ0v) is 9.49. The summed E-state index contributed by atoms with van der Waals surface area (Å²) in [6.45, 7) is 0.770. The standard InChI is InChI=1S/C13H21NO/c1-15-11-10-13(14)9-5-8-12-6-3-2-4-7-12/h2-4,6-7,13H,5,8-11,14H2,1H3. The number of nitrogens with two attached hydrogens (primary N) is 1. The van der Waals surface area contributed by atoms with E-state index in [1.54, 1.807) is 7.11 Å².